The molecule has 3 rings (SSSR count). The van der Waals surface area contributed by atoms with Gasteiger partial charge in [-0.05, 0) is 18.1 Å². The number of hydrogen-bond acceptors (Lipinski definition) is 2. The minimum Gasteiger partial charge on any atom is -0.315 e. The molecule has 14 heavy (non-hydrogen) atoms. The molecule has 3 heteroatoms. The lowest BCUT2D eigenvalue weighted by atomic mass is 9.78. The highest BCUT2D eigenvalue weighted by Gasteiger charge is 2.50. The van der Waals surface area contributed by atoms with Gasteiger partial charge in [0.15, 0.2) is 5.78 Å². The zero-order chi connectivity index (χ0) is 9.76. The van der Waals surface area contributed by atoms with Crippen LogP contribution in [0.2, 0.25) is 0 Å². The third kappa shape index (κ3) is 0.805. The van der Waals surface area contributed by atoms with Gasteiger partial charge in [0.25, 0.3) is 0 Å². The monoisotopic (exact) mass is 191 g/mol. The van der Waals surface area contributed by atoms with Crippen LogP contribution in [0.4, 0.5) is 4.39 Å². The molecule has 0 amide bonds. The van der Waals surface area contributed by atoms with Gasteiger partial charge in [-0.2, -0.15) is 0 Å². The summed E-state index contributed by atoms with van der Waals surface area (Å²) in [6.45, 7) is 1.39. The molecular formula is C11H10FNO. The minimum atomic E-state index is -0.315. The van der Waals surface area contributed by atoms with E-state index in [0.717, 1.165) is 0 Å². The van der Waals surface area contributed by atoms with Crippen molar-refractivity contribution < 1.29 is 9.18 Å². The third-order valence-electron chi connectivity index (χ3n) is 3.29. The number of halogens is 1. The van der Waals surface area contributed by atoms with Gasteiger partial charge in [-0.15, -0.1) is 0 Å². The van der Waals surface area contributed by atoms with Crippen molar-refractivity contribution in [3.63, 3.8) is 0 Å². The average Bonchev–Trinajstić information content (AvgIpc) is 2.41. The fraction of sp³-hybridized carbons (Fsp3) is 0.364. The highest BCUT2D eigenvalue weighted by atomic mass is 19.1. The fourth-order valence-electron chi connectivity index (χ4n) is 2.37. The first-order valence-electron chi connectivity index (χ1n) is 4.76. The largest absolute Gasteiger partial charge is 0.315 e. The van der Waals surface area contributed by atoms with Crippen molar-refractivity contribution >= 4 is 5.78 Å². The van der Waals surface area contributed by atoms with Crippen LogP contribution in [0, 0.1) is 11.2 Å². The second-order valence-electron chi connectivity index (χ2n) is 4.16. The van der Waals surface area contributed by atoms with Gasteiger partial charge in [0.1, 0.15) is 5.82 Å². The first-order chi connectivity index (χ1) is 6.73. The summed E-state index contributed by atoms with van der Waals surface area (Å²) in [7, 11) is 0. The van der Waals surface area contributed by atoms with Crippen molar-refractivity contribution in [2.45, 2.75) is 6.42 Å². The molecule has 1 aromatic rings. The minimum absolute atomic E-state index is 0.116. The summed E-state index contributed by atoms with van der Waals surface area (Å²) in [6.07, 6.45) is 0.570. The van der Waals surface area contributed by atoms with E-state index >= 15 is 0 Å². The molecule has 72 valence electrons. The highest BCUT2D eigenvalue weighted by Crippen LogP contribution is 2.40. The van der Waals surface area contributed by atoms with Crippen LogP contribution in [-0.2, 0) is 6.42 Å². The molecule has 0 atom stereocenters. The van der Waals surface area contributed by atoms with Crippen LogP contribution in [0.1, 0.15) is 15.9 Å². The molecule has 1 aromatic carbocycles. The Morgan fingerprint density at radius 3 is 2.71 bits per heavy atom. The Hall–Kier alpha value is -1.22. The maximum atomic E-state index is 13.4. The molecule has 1 heterocycles. The van der Waals surface area contributed by atoms with Crippen molar-refractivity contribution in [1.82, 2.24) is 5.32 Å². The predicted molar refractivity (Wildman–Crippen MR) is 49.7 cm³/mol. The Morgan fingerprint density at radius 2 is 2.14 bits per heavy atom. The lowest BCUT2D eigenvalue weighted by Crippen LogP contribution is -2.57. The number of hydrogen-bond donors (Lipinski definition) is 1. The van der Waals surface area contributed by atoms with Crippen LogP contribution >= 0.6 is 0 Å². The number of carbonyl (C=O) groups excluding carboxylic acids is 1. The summed E-state index contributed by atoms with van der Waals surface area (Å²) in [4.78, 5) is 11.9. The van der Waals surface area contributed by atoms with Crippen LogP contribution < -0.4 is 5.32 Å². The Morgan fingerprint density at radius 1 is 1.36 bits per heavy atom. The van der Waals surface area contributed by atoms with Crippen molar-refractivity contribution in [1.29, 1.82) is 0 Å². The molecule has 0 radical (unpaired) electrons. The quantitative estimate of drug-likeness (QED) is 0.666. The molecule has 1 saturated heterocycles. The summed E-state index contributed by atoms with van der Waals surface area (Å²) >= 11 is 0. The van der Waals surface area contributed by atoms with E-state index in [9.17, 15) is 9.18 Å². The molecule has 0 saturated carbocycles. The average molecular weight is 191 g/mol. The summed E-state index contributed by atoms with van der Waals surface area (Å²) < 4.78 is 13.4. The number of benzene rings is 1. The fourth-order valence-corrected chi connectivity index (χ4v) is 2.37. The SMILES string of the molecule is O=C1c2cccc(F)c2CC12CNC2. The Labute approximate surface area is 81.1 Å². The molecule has 1 aliphatic heterocycles. The molecule has 0 bridgehead atoms. The zero-order valence-corrected chi connectivity index (χ0v) is 7.64. The van der Waals surface area contributed by atoms with E-state index in [1.54, 1.807) is 12.1 Å². The molecule has 1 N–H and O–H groups in total. The number of fused-ring (bicyclic) bond motifs is 1. The molecule has 2 nitrogen and oxygen atoms in total. The van der Waals surface area contributed by atoms with Gasteiger partial charge in [-0.25, -0.2) is 4.39 Å². The van der Waals surface area contributed by atoms with Crippen LogP contribution in [0.5, 0.6) is 0 Å². The van der Waals surface area contributed by atoms with E-state index in [-0.39, 0.29) is 17.0 Å². The third-order valence-corrected chi connectivity index (χ3v) is 3.29. The molecule has 1 aliphatic carbocycles. The summed E-state index contributed by atoms with van der Waals surface area (Å²) in [6, 6.07) is 4.77. The topological polar surface area (TPSA) is 29.1 Å². The van der Waals surface area contributed by atoms with E-state index in [0.29, 0.717) is 30.6 Å². The molecular weight excluding hydrogens is 181 g/mol. The number of Topliss-reactive ketones (excluding diaryl/α,β-unsaturated/α-hetero) is 1. The van der Waals surface area contributed by atoms with Crippen LogP contribution in [-0.4, -0.2) is 18.9 Å². The summed E-state index contributed by atoms with van der Waals surface area (Å²) in [5.41, 5.74) is 0.885. The lowest BCUT2D eigenvalue weighted by molar-refractivity contribution is 0.0717. The van der Waals surface area contributed by atoms with Crippen molar-refractivity contribution in [2.75, 3.05) is 13.1 Å². The maximum absolute atomic E-state index is 13.4. The van der Waals surface area contributed by atoms with Gasteiger partial charge < -0.3 is 5.32 Å². The predicted octanol–water partition coefficient (Wildman–Crippen LogP) is 1.15. The summed E-state index contributed by atoms with van der Waals surface area (Å²) in [5.74, 6) is -0.120. The Balaban J connectivity index is 2.15. The number of ketones is 1. The van der Waals surface area contributed by atoms with E-state index in [1.807, 2.05) is 0 Å². The molecule has 0 unspecified atom stereocenters. The number of rotatable bonds is 0. The zero-order valence-electron chi connectivity index (χ0n) is 7.64. The maximum Gasteiger partial charge on any atom is 0.172 e. The van der Waals surface area contributed by atoms with Crippen molar-refractivity contribution in [2.24, 2.45) is 5.41 Å². The first-order valence-corrected chi connectivity index (χ1v) is 4.76. The first kappa shape index (κ1) is 8.12. The van der Waals surface area contributed by atoms with E-state index in [1.165, 1.54) is 6.07 Å². The Bertz CT molecular complexity index is 423. The normalized spacial score (nSPS) is 22.2. The second-order valence-corrected chi connectivity index (χ2v) is 4.16. The van der Waals surface area contributed by atoms with Gasteiger partial charge in [0, 0.05) is 18.7 Å². The van der Waals surface area contributed by atoms with Crippen LogP contribution in [0.3, 0.4) is 0 Å². The van der Waals surface area contributed by atoms with Crippen molar-refractivity contribution in [3.8, 4) is 0 Å². The van der Waals surface area contributed by atoms with Crippen LogP contribution in [0.25, 0.3) is 0 Å². The van der Waals surface area contributed by atoms with Gasteiger partial charge in [-0.3, -0.25) is 4.79 Å². The van der Waals surface area contributed by atoms with E-state index < -0.39 is 0 Å². The van der Waals surface area contributed by atoms with Crippen LogP contribution in [0.15, 0.2) is 18.2 Å². The highest BCUT2D eigenvalue weighted by molar-refractivity contribution is 6.05. The van der Waals surface area contributed by atoms with E-state index in [4.69, 9.17) is 0 Å². The van der Waals surface area contributed by atoms with Gasteiger partial charge >= 0.3 is 0 Å². The molecule has 0 aromatic heterocycles. The standard InChI is InChI=1S/C11H10FNO/c12-9-3-1-2-7-8(9)4-11(10(7)14)5-13-6-11/h1-3,13H,4-6H2. The molecule has 1 spiro atoms. The number of carbonyl (C=O) groups is 1. The van der Waals surface area contributed by atoms with E-state index in [2.05, 4.69) is 5.32 Å². The second kappa shape index (κ2) is 2.42. The van der Waals surface area contributed by atoms with Gasteiger partial charge in [0.2, 0.25) is 0 Å². The summed E-state index contributed by atoms with van der Waals surface area (Å²) in [5, 5.41) is 3.09. The van der Waals surface area contributed by atoms with Crippen molar-refractivity contribution in [3.05, 3.63) is 35.1 Å². The lowest BCUT2D eigenvalue weighted by Gasteiger charge is -2.37. The van der Waals surface area contributed by atoms with Gasteiger partial charge in [-0.1, -0.05) is 12.1 Å². The molecule has 1 fully saturated rings. The smallest absolute Gasteiger partial charge is 0.172 e. The molecule has 2 aliphatic rings. The van der Waals surface area contributed by atoms with Gasteiger partial charge in [0.05, 0.1) is 5.41 Å². The Kier molecular flexibility index (Phi) is 1.40. The number of nitrogens with one attached hydrogen (secondary N) is 1.